The van der Waals surface area contributed by atoms with Crippen molar-refractivity contribution in [1.29, 1.82) is 0 Å². The van der Waals surface area contributed by atoms with Gasteiger partial charge in [0.05, 0.1) is 18.9 Å². The van der Waals surface area contributed by atoms with Crippen LogP contribution >= 0.6 is 0 Å². The highest BCUT2D eigenvalue weighted by Crippen LogP contribution is 2.45. The average Bonchev–Trinajstić information content (AvgIpc) is 4.02. The number of carbonyl (C=O) groups is 3. The molecular weight excluding hydrogens is 699 g/mol. The van der Waals surface area contributed by atoms with Gasteiger partial charge >= 0.3 is 0 Å². The molecule has 5 atom stereocenters. The Labute approximate surface area is 310 Å². The molecule has 1 unspecified atom stereocenters. The van der Waals surface area contributed by atoms with E-state index in [1.54, 1.807) is 7.11 Å². The molecule has 3 N–H and O–H groups in total. The lowest BCUT2D eigenvalue weighted by Crippen LogP contribution is -2.58. The zero-order chi connectivity index (χ0) is 38.4. The first-order chi connectivity index (χ1) is 25.0. The largest absolute Gasteiger partial charge is 0.497 e. The number of sulfonamides is 1. The third-order valence-corrected chi connectivity index (χ3v) is 12.0. The molecule has 0 bridgehead atoms. The number of methoxy groups -OCH3 is 1. The Hall–Kier alpha value is -4.92. The molecule has 1 saturated heterocycles. The maximum absolute atomic E-state index is 14.6. The van der Waals surface area contributed by atoms with Crippen molar-refractivity contribution in [1.82, 2.24) is 24.9 Å². The number of pyridine rings is 2. The Morgan fingerprint density at radius 1 is 1.09 bits per heavy atom. The van der Waals surface area contributed by atoms with E-state index in [0.717, 1.165) is 22.0 Å². The van der Waals surface area contributed by atoms with Gasteiger partial charge in [0.2, 0.25) is 27.7 Å². The molecule has 284 valence electrons. The molecule has 0 spiro atoms. The van der Waals surface area contributed by atoms with Crippen LogP contribution in [0.3, 0.4) is 0 Å². The first kappa shape index (κ1) is 37.8. The predicted octanol–water partition coefficient (Wildman–Crippen LogP) is 3.48. The highest BCUT2D eigenvalue weighted by atomic mass is 32.2. The molecule has 2 saturated carbocycles. The second kappa shape index (κ2) is 14.5. The van der Waals surface area contributed by atoms with E-state index in [-0.39, 0.29) is 31.2 Å². The van der Waals surface area contributed by atoms with Gasteiger partial charge in [-0.1, -0.05) is 19.9 Å². The van der Waals surface area contributed by atoms with Crippen LogP contribution in [0.2, 0.25) is 0 Å². The number of nitrogens with zero attached hydrogens (tertiary/aromatic N) is 4. The van der Waals surface area contributed by atoms with E-state index in [1.807, 2.05) is 83.1 Å². The maximum Gasteiger partial charge on any atom is 0.259 e. The van der Waals surface area contributed by atoms with Crippen LogP contribution in [0.25, 0.3) is 10.8 Å². The normalized spacial score (nSPS) is 22.9. The standard InChI is InChI=1S/C38H49N7O7S/c1-9-25-19-38(25,37(48)43-53(49,50)28-11-12-28)42-34(46)30-18-27(52-35-29-13-10-26(51-8)16-24(29)17-32(41-35)44(6)7)20-45(30)36(47)33(21(2)3)40-31-15-22(4)14-23(5)39-31/h9-10,13-17,21,25,27-28,30,33H,1,11-12,18-20H2,2-8H3,(H,39,40)(H,42,46)(H,43,48)/t25-,27-,30+,33?,38-/m1/s1. The SMILES string of the molecule is C=C[C@@H]1C[C@]1(NC(=O)[C@@H]1C[C@@H](Oc2nc(N(C)C)cc3cc(OC)ccc23)CN1C(=O)C(Nc1cc(C)cc(C)n1)C(C)C)C(=O)NS(=O)(=O)C1CC1. The van der Waals surface area contributed by atoms with Crippen molar-refractivity contribution in [3.8, 4) is 11.6 Å². The minimum absolute atomic E-state index is 0.0494. The Kier molecular flexibility index (Phi) is 10.3. The van der Waals surface area contributed by atoms with Crippen LogP contribution in [-0.4, -0.2) is 97.7 Å². The van der Waals surface area contributed by atoms with Gasteiger partial charge in [0.1, 0.15) is 41.1 Å². The van der Waals surface area contributed by atoms with Crippen LogP contribution in [-0.2, 0) is 24.4 Å². The summed E-state index contributed by atoms with van der Waals surface area (Å²) in [5, 5.41) is 7.10. The van der Waals surface area contributed by atoms with E-state index in [1.165, 1.54) is 11.0 Å². The summed E-state index contributed by atoms with van der Waals surface area (Å²) in [4.78, 5) is 55.2. The van der Waals surface area contributed by atoms with Gasteiger partial charge in [0.25, 0.3) is 5.91 Å². The molecule has 15 heteroatoms. The van der Waals surface area contributed by atoms with Gasteiger partial charge in [-0.2, -0.15) is 4.98 Å². The molecule has 3 aromatic rings. The summed E-state index contributed by atoms with van der Waals surface area (Å²) in [5.41, 5.74) is 0.261. The van der Waals surface area contributed by atoms with Crippen LogP contribution < -0.4 is 29.7 Å². The van der Waals surface area contributed by atoms with Gasteiger partial charge in [0, 0.05) is 37.5 Å². The minimum Gasteiger partial charge on any atom is -0.497 e. The number of aryl methyl sites for hydroxylation is 2. The van der Waals surface area contributed by atoms with E-state index >= 15 is 0 Å². The van der Waals surface area contributed by atoms with Crippen molar-refractivity contribution < 1.29 is 32.3 Å². The summed E-state index contributed by atoms with van der Waals surface area (Å²) in [5.74, 6) is -0.254. The van der Waals surface area contributed by atoms with Gasteiger partial charge in [-0.05, 0) is 86.4 Å². The summed E-state index contributed by atoms with van der Waals surface area (Å²) in [6, 6.07) is 9.46. The zero-order valence-corrected chi connectivity index (χ0v) is 32.1. The second-order valence-corrected chi connectivity index (χ2v) is 16.9. The fraction of sp³-hybridized carbons (Fsp3) is 0.500. The number of nitrogens with one attached hydrogen (secondary N) is 3. The van der Waals surface area contributed by atoms with Crippen molar-refractivity contribution in [3.63, 3.8) is 0 Å². The quantitative estimate of drug-likeness (QED) is 0.206. The number of hydrogen-bond donors (Lipinski definition) is 3. The smallest absolute Gasteiger partial charge is 0.259 e. The number of likely N-dealkylation sites (tertiary alicyclic amines) is 1. The number of carbonyl (C=O) groups excluding carboxylic acids is 3. The van der Waals surface area contributed by atoms with Crippen LogP contribution in [0, 0.1) is 25.7 Å². The molecular formula is C38H49N7O7S. The summed E-state index contributed by atoms with van der Waals surface area (Å²) >= 11 is 0. The Morgan fingerprint density at radius 3 is 2.43 bits per heavy atom. The lowest BCUT2D eigenvalue weighted by Gasteiger charge is -2.31. The molecule has 2 aromatic heterocycles. The van der Waals surface area contributed by atoms with Crippen molar-refractivity contribution in [2.24, 2.45) is 11.8 Å². The molecule has 6 rings (SSSR count). The highest BCUT2D eigenvalue weighted by Gasteiger charge is 2.62. The van der Waals surface area contributed by atoms with Crippen molar-refractivity contribution in [2.75, 3.05) is 38.0 Å². The number of aromatic nitrogens is 2. The molecule has 0 radical (unpaired) electrons. The number of ether oxygens (including phenoxy) is 2. The number of fused-ring (bicyclic) bond motifs is 1. The molecule has 3 aliphatic rings. The lowest BCUT2D eigenvalue weighted by atomic mass is 10.0. The molecule has 3 amide bonds. The monoisotopic (exact) mass is 747 g/mol. The van der Waals surface area contributed by atoms with Crippen LogP contribution in [0.15, 0.2) is 49.1 Å². The van der Waals surface area contributed by atoms with Crippen LogP contribution in [0.1, 0.15) is 50.8 Å². The number of hydrogen-bond acceptors (Lipinski definition) is 11. The number of anilines is 2. The second-order valence-electron chi connectivity index (χ2n) is 15.0. The Bertz CT molecular complexity index is 2030. The van der Waals surface area contributed by atoms with E-state index in [2.05, 4.69) is 26.9 Å². The molecule has 1 aromatic carbocycles. The summed E-state index contributed by atoms with van der Waals surface area (Å²) in [7, 11) is 1.46. The van der Waals surface area contributed by atoms with E-state index in [0.29, 0.717) is 36.1 Å². The first-order valence-corrected chi connectivity index (χ1v) is 19.5. The molecule has 3 heterocycles. The van der Waals surface area contributed by atoms with Crippen molar-refractivity contribution in [3.05, 3.63) is 60.3 Å². The van der Waals surface area contributed by atoms with Gasteiger partial charge < -0.3 is 29.9 Å². The summed E-state index contributed by atoms with van der Waals surface area (Å²) in [6.45, 7) is 11.5. The molecule has 3 fully saturated rings. The van der Waals surface area contributed by atoms with Gasteiger partial charge in [-0.25, -0.2) is 13.4 Å². The average molecular weight is 748 g/mol. The fourth-order valence-corrected chi connectivity index (χ4v) is 8.32. The lowest BCUT2D eigenvalue weighted by molar-refractivity contribution is -0.140. The van der Waals surface area contributed by atoms with E-state index < -0.39 is 56.7 Å². The van der Waals surface area contributed by atoms with Crippen LogP contribution in [0.5, 0.6) is 11.6 Å². The van der Waals surface area contributed by atoms with E-state index in [4.69, 9.17) is 14.5 Å². The fourth-order valence-electron chi connectivity index (χ4n) is 6.96. The third-order valence-electron chi connectivity index (χ3n) is 10.2. The summed E-state index contributed by atoms with van der Waals surface area (Å²) in [6.07, 6.45) is 2.10. The molecule has 1 aliphatic heterocycles. The van der Waals surface area contributed by atoms with Crippen LogP contribution in [0.4, 0.5) is 11.6 Å². The minimum atomic E-state index is -3.87. The Balaban J connectivity index is 1.32. The first-order valence-electron chi connectivity index (χ1n) is 17.9. The van der Waals surface area contributed by atoms with Gasteiger partial charge in [-0.15, -0.1) is 6.58 Å². The molecule has 53 heavy (non-hydrogen) atoms. The van der Waals surface area contributed by atoms with Crippen molar-refractivity contribution >= 4 is 50.2 Å². The highest BCUT2D eigenvalue weighted by molar-refractivity contribution is 7.91. The van der Waals surface area contributed by atoms with Crippen molar-refractivity contribution in [2.45, 2.75) is 82.4 Å². The summed E-state index contributed by atoms with van der Waals surface area (Å²) < 4.78 is 39.7. The topological polar surface area (TPSA) is 172 Å². The molecule has 14 nitrogen and oxygen atoms in total. The number of amides is 3. The van der Waals surface area contributed by atoms with Gasteiger partial charge in [-0.3, -0.25) is 19.1 Å². The Morgan fingerprint density at radius 2 is 1.83 bits per heavy atom. The number of rotatable bonds is 14. The number of benzene rings is 1. The third kappa shape index (κ3) is 7.90. The van der Waals surface area contributed by atoms with E-state index in [9.17, 15) is 22.8 Å². The molecule has 2 aliphatic carbocycles. The predicted molar refractivity (Wildman–Crippen MR) is 202 cm³/mol. The zero-order valence-electron chi connectivity index (χ0n) is 31.3. The van der Waals surface area contributed by atoms with Gasteiger partial charge in [0.15, 0.2) is 0 Å². The maximum atomic E-state index is 14.6.